The minimum Gasteiger partial charge on any atom is -0.368 e. The van der Waals surface area contributed by atoms with Gasteiger partial charge in [-0.05, 0) is 63.0 Å². The Morgan fingerprint density at radius 1 is 1.47 bits per heavy atom. The highest BCUT2D eigenvalue weighted by atomic mass is 79.9. The molecular weight excluding hydrogens is 308 g/mol. The fourth-order valence-electron chi connectivity index (χ4n) is 2.00. The van der Waals surface area contributed by atoms with Gasteiger partial charge in [0, 0.05) is 12.2 Å². The second kappa shape index (κ2) is 6.52. The van der Waals surface area contributed by atoms with E-state index in [1.807, 2.05) is 25.5 Å². The molecular formula is C13H23BrN4O. The Hall–Kier alpha value is -0.880. The molecule has 0 aromatic carbocycles. The van der Waals surface area contributed by atoms with Crippen LogP contribution in [0.3, 0.4) is 0 Å². The van der Waals surface area contributed by atoms with Crippen LogP contribution in [-0.4, -0.2) is 28.3 Å². The number of nitrogens with one attached hydrogen (secondary N) is 1. The van der Waals surface area contributed by atoms with Gasteiger partial charge in [0.2, 0.25) is 5.91 Å². The molecule has 1 amide bonds. The molecule has 3 N–H and O–H groups in total. The summed E-state index contributed by atoms with van der Waals surface area (Å²) in [7, 11) is 1.77. The SMILES string of the molecule is CNC(C)(CCCCn1nc(C)c(Br)c1C)C(N)=O. The third-order valence-corrected chi connectivity index (χ3v) is 4.83. The van der Waals surface area contributed by atoms with Crippen molar-refractivity contribution in [3.05, 3.63) is 15.9 Å². The van der Waals surface area contributed by atoms with Crippen molar-refractivity contribution in [2.24, 2.45) is 5.73 Å². The quantitative estimate of drug-likeness (QED) is 0.750. The average Bonchev–Trinajstić information content (AvgIpc) is 2.61. The van der Waals surface area contributed by atoms with E-state index in [1.54, 1.807) is 7.05 Å². The normalized spacial score (nSPS) is 14.4. The van der Waals surface area contributed by atoms with Gasteiger partial charge in [-0.2, -0.15) is 5.10 Å². The van der Waals surface area contributed by atoms with Gasteiger partial charge in [0.25, 0.3) is 0 Å². The predicted molar refractivity (Wildman–Crippen MR) is 79.9 cm³/mol. The molecule has 0 saturated heterocycles. The van der Waals surface area contributed by atoms with Crippen LogP contribution in [-0.2, 0) is 11.3 Å². The molecule has 1 aromatic rings. The van der Waals surface area contributed by atoms with Gasteiger partial charge in [0.05, 0.1) is 15.7 Å². The van der Waals surface area contributed by atoms with Crippen molar-refractivity contribution in [2.75, 3.05) is 7.05 Å². The largest absolute Gasteiger partial charge is 0.368 e. The van der Waals surface area contributed by atoms with Gasteiger partial charge in [-0.3, -0.25) is 9.48 Å². The maximum absolute atomic E-state index is 11.4. The van der Waals surface area contributed by atoms with Gasteiger partial charge in [0.15, 0.2) is 0 Å². The molecule has 0 aliphatic rings. The first-order valence-electron chi connectivity index (χ1n) is 6.50. The summed E-state index contributed by atoms with van der Waals surface area (Å²) in [4.78, 5) is 11.4. The molecule has 6 heteroatoms. The molecule has 1 rings (SSSR count). The summed E-state index contributed by atoms with van der Waals surface area (Å²) in [6.45, 7) is 6.73. The minimum absolute atomic E-state index is 0.302. The molecule has 108 valence electrons. The van der Waals surface area contributed by atoms with E-state index in [-0.39, 0.29) is 5.91 Å². The Morgan fingerprint density at radius 2 is 2.11 bits per heavy atom. The number of amides is 1. The fraction of sp³-hybridized carbons (Fsp3) is 0.692. The average molecular weight is 331 g/mol. The molecule has 1 aromatic heterocycles. The first kappa shape index (κ1) is 16.2. The first-order chi connectivity index (χ1) is 8.81. The van der Waals surface area contributed by atoms with Gasteiger partial charge in [-0.25, -0.2) is 0 Å². The molecule has 19 heavy (non-hydrogen) atoms. The first-order valence-corrected chi connectivity index (χ1v) is 7.29. The predicted octanol–water partition coefficient (Wildman–Crippen LogP) is 1.90. The van der Waals surface area contributed by atoms with Crippen molar-refractivity contribution >= 4 is 21.8 Å². The standard InChI is InChI=1S/C13H23BrN4O/c1-9-11(14)10(2)18(17-9)8-6-5-7-13(3,16-4)12(15)19/h16H,5-8H2,1-4H3,(H2,15,19). The fourth-order valence-corrected chi connectivity index (χ4v) is 2.29. The van der Waals surface area contributed by atoms with Crippen LogP contribution < -0.4 is 11.1 Å². The molecule has 1 unspecified atom stereocenters. The van der Waals surface area contributed by atoms with E-state index in [1.165, 1.54) is 0 Å². The zero-order chi connectivity index (χ0) is 14.6. The van der Waals surface area contributed by atoms with Gasteiger partial charge in [0.1, 0.15) is 0 Å². The van der Waals surface area contributed by atoms with Crippen LogP contribution in [0.25, 0.3) is 0 Å². The van der Waals surface area contributed by atoms with Crippen molar-refractivity contribution in [1.29, 1.82) is 0 Å². The lowest BCUT2D eigenvalue weighted by molar-refractivity contribution is -0.123. The summed E-state index contributed by atoms with van der Waals surface area (Å²) in [5, 5.41) is 7.46. The molecule has 0 aliphatic heterocycles. The van der Waals surface area contributed by atoms with E-state index < -0.39 is 5.54 Å². The minimum atomic E-state index is -0.615. The summed E-state index contributed by atoms with van der Waals surface area (Å²) < 4.78 is 3.07. The van der Waals surface area contributed by atoms with E-state index in [4.69, 9.17) is 5.73 Å². The zero-order valence-electron chi connectivity index (χ0n) is 12.1. The number of likely N-dealkylation sites (N-methyl/N-ethyl adjacent to an activating group) is 1. The second-order valence-corrected chi connectivity index (χ2v) is 5.90. The van der Waals surface area contributed by atoms with Gasteiger partial charge in [-0.15, -0.1) is 0 Å². The van der Waals surface area contributed by atoms with Crippen molar-refractivity contribution in [3.8, 4) is 0 Å². The number of aryl methyl sites for hydroxylation is 2. The summed E-state index contributed by atoms with van der Waals surface area (Å²) in [6, 6.07) is 0. The number of unbranched alkanes of at least 4 members (excludes halogenated alkanes) is 1. The smallest absolute Gasteiger partial charge is 0.237 e. The lowest BCUT2D eigenvalue weighted by atomic mass is 9.94. The lowest BCUT2D eigenvalue weighted by Crippen LogP contribution is -2.51. The van der Waals surface area contributed by atoms with Crippen LogP contribution >= 0.6 is 15.9 Å². The van der Waals surface area contributed by atoms with Crippen LogP contribution in [0.4, 0.5) is 0 Å². The van der Waals surface area contributed by atoms with E-state index >= 15 is 0 Å². The molecule has 0 aliphatic carbocycles. The van der Waals surface area contributed by atoms with E-state index in [0.717, 1.165) is 41.7 Å². The maximum Gasteiger partial charge on any atom is 0.237 e. The van der Waals surface area contributed by atoms with Crippen molar-refractivity contribution in [1.82, 2.24) is 15.1 Å². The Labute approximate surface area is 123 Å². The molecule has 5 nitrogen and oxygen atoms in total. The number of carbonyl (C=O) groups excluding carboxylic acids is 1. The molecule has 0 radical (unpaired) electrons. The molecule has 0 spiro atoms. The van der Waals surface area contributed by atoms with Gasteiger partial charge in [-0.1, -0.05) is 0 Å². The molecule has 0 bridgehead atoms. The molecule has 1 atom stereocenters. The number of nitrogens with zero attached hydrogens (tertiary/aromatic N) is 2. The van der Waals surface area contributed by atoms with Crippen molar-refractivity contribution in [2.45, 2.75) is 52.1 Å². The lowest BCUT2D eigenvalue weighted by Gasteiger charge is -2.25. The molecule has 1 heterocycles. The van der Waals surface area contributed by atoms with Crippen molar-refractivity contribution < 1.29 is 4.79 Å². The summed E-state index contributed by atoms with van der Waals surface area (Å²) >= 11 is 3.52. The van der Waals surface area contributed by atoms with Crippen LogP contribution in [0.15, 0.2) is 4.47 Å². The van der Waals surface area contributed by atoms with Crippen LogP contribution in [0.5, 0.6) is 0 Å². The summed E-state index contributed by atoms with van der Waals surface area (Å²) in [6.07, 6.45) is 2.63. The van der Waals surface area contributed by atoms with Crippen LogP contribution in [0.2, 0.25) is 0 Å². The van der Waals surface area contributed by atoms with E-state index in [0.29, 0.717) is 0 Å². The summed E-state index contributed by atoms with van der Waals surface area (Å²) in [5.74, 6) is -0.302. The van der Waals surface area contributed by atoms with Gasteiger partial charge >= 0.3 is 0 Å². The summed E-state index contributed by atoms with van der Waals surface area (Å²) in [5.41, 5.74) is 6.93. The Kier molecular flexibility index (Phi) is 5.55. The number of nitrogens with two attached hydrogens (primary N) is 1. The second-order valence-electron chi connectivity index (χ2n) is 5.11. The number of aromatic nitrogens is 2. The van der Waals surface area contributed by atoms with E-state index in [9.17, 15) is 4.79 Å². The number of rotatable bonds is 7. The Balaban J connectivity index is 2.47. The molecule has 0 fully saturated rings. The maximum atomic E-state index is 11.4. The highest BCUT2D eigenvalue weighted by Crippen LogP contribution is 2.20. The van der Waals surface area contributed by atoms with Crippen LogP contribution in [0, 0.1) is 13.8 Å². The van der Waals surface area contributed by atoms with E-state index in [2.05, 4.69) is 26.3 Å². The highest BCUT2D eigenvalue weighted by Gasteiger charge is 2.27. The van der Waals surface area contributed by atoms with Gasteiger partial charge < -0.3 is 11.1 Å². The monoisotopic (exact) mass is 330 g/mol. The van der Waals surface area contributed by atoms with Crippen LogP contribution in [0.1, 0.15) is 37.6 Å². The number of hydrogen-bond acceptors (Lipinski definition) is 3. The Bertz CT molecular complexity index is 458. The number of primary amides is 1. The zero-order valence-corrected chi connectivity index (χ0v) is 13.7. The number of halogens is 1. The molecule has 0 saturated carbocycles. The number of hydrogen-bond donors (Lipinski definition) is 2. The topological polar surface area (TPSA) is 72.9 Å². The van der Waals surface area contributed by atoms with Crippen molar-refractivity contribution in [3.63, 3.8) is 0 Å². The Morgan fingerprint density at radius 3 is 2.53 bits per heavy atom. The number of carbonyl (C=O) groups is 1. The third kappa shape index (κ3) is 3.79. The highest BCUT2D eigenvalue weighted by molar-refractivity contribution is 9.10. The third-order valence-electron chi connectivity index (χ3n) is 3.69.